The second-order valence-electron chi connectivity index (χ2n) is 8.09. The topological polar surface area (TPSA) is 78.0 Å². The van der Waals surface area contributed by atoms with Crippen molar-refractivity contribution in [3.05, 3.63) is 29.8 Å². The number of hydrogen-bond acceptors (Lipinski definition) is 4. The van der Waals surface area contributed by atoms with Gasteiger partial charge in [-0.3, -0.25) is 14.7 Å². The molecule has 1 amide bonds. The van der Waals surface area contributed by atoms with Crippen LogP contribution in [0.5, 0.6) is 5.75 Å². The fourth-order valence-electron chi connectivity index (χ4n) is 3.56. The zero-order chi connectivity index (χ0) is 21.3. The second-order valence-corrected chi connectivity index (χ2v) is 8.09. The Morgan fingerprint density at radius 1 is 1.23 bits per heavy atom. The van der Waals surface area contributed by atoms with Crippen molar-refractivity contribution in [3.63, 3.8) is 0 Å². The molecule has 1 aliphatic heterocycles. The molecule has 8 heteroatoms. The molecular weight excluding hydrogens is 493 g/mol. The van der Waals surface area contributed by atoms with Gasteiger partial charge in [0.25, 0.3) is 0 Å². The Hall–Kier alpha value is -1.55. The van der Waals surface area contributed by atoms with E-state index < -0.39 is 5.41 Å². The van der Waals surface area contributed by atoms with E-state index >= 15 is 0 Å². The molecular formula is C22H38IN5O2. The summed E-state index contributed by atoms with van der Waals surface area (Å²) in [5, 5.41) is 9.64. The Morgan fingerprint density at radius 2 is 1.93 bits per heavy atom. The van der Waals surface area contributed by atoms with E-state index in [4.69, 9.17) is 4.74 Å². The third-order valence-electron chi connectivity index (χ3n) is 5.40. The van der Waals surface area contributed by atoms with E-state index in [9.17, 15) is 4.79 Å². The summed E-state index contributed by atoms with van der Waals surface area (Å²) < 4.78 is 5.42. The highest BCUT2D eigenvalue weighted by molar-refractivity contribution is 14.0. The van der Waals surface area contributed by atoms with Crippen LogP contribution in [-0.2, 0) is 4.79 Å². The van der Waals surface area contributed by atoms with Crippen LogP contribution in [0, 0.1) is 5.41 Å². The van der Waals surface area contributed by atoms with Gasteiger partial charge >= 0.3 is 0 Å². The number of amides is 1. The summed E-state index contributed by atoms with van der Waals surface area (Å²) in [5.41, 5.74) is 0.714. The fraction of sp³-hybridized carbons (Fsp3) is 0.636. The summed E-state index contributed by atoms with van der Waals surface area (Å²) in [6, 6.07) is 8.52. The molecule has 1 unspecified atom stereocenters. The van der Waals surface area contributed by atoms with E-state index in [0.29, 0.717) is 19.0 Å². The van der Waals surface area contributed by atoms with Gasteiger partial charge in [0.05, 0.1) is 18.6 Å². The van der Waals surface area contributed by atoms with Gasteiger partial charge in [-0.2, -0.15) is 0 Å². The van der Waals surface area contributed by atoms with Crippen molar-refractivity contribution in [2.45, 2.75) is 39.7 Å². The lowest BCUT2D eigenvalue weighted by Crippen LogP contribution is -2.49. The first-order valence-corrected chi connectivity index (χ1v) is 10.5. The van der Waals surface area contributed by atoms with Gasteiger partial charge in [-0.25, -0.2) is 0 Å². The number of rotatable bonds is 9. The standard InChI is InChI=1S/C22H37N5O2.HI/c1-6-24-20(28)22(2,3)16-26-21(23-4)25-15-19(27-12-7-8-13-27)17-10-9-11-18(14-17)29-5;/h9-11,14,19H,6-8,12-13,15-16H2,1-5H3,(H,24,28)(H2,23,25,26);1H. The molecule has 1 aliphatic rings. The van der Waals surface area contributed by atoms with E-state index in [2.05, 4.69) is 38.0 Å². The molecule has 1 aromatic carbocycles. The first-order chi connectivity index (χ1) is 13.9. The zero-order valence-electron chi connectivity index (χ0n) is 19.0. The number of guanidine groups is 1. The quantitative estimate of drug-likeness (QED) is 0.260. The van der Waals surface area contributed by atoms with Gasteiger partial charge in [0, 0.05) is 26.7 Å². The van der Waals surface area contributed by atoms with Crippen LogP contribution in [0.1, 0.15) is 45.2 Å². The average molecular weight is 531 g/mol. The smallest absolute Gasteiger partial charge is 0.227 e. The molecule has 1 aromatic rings. The van der Waals surface area contributed by atoms with Crippen molar-refractivity contribution in [2.75, 3.05) is 46.9 Å². The van der Waals surface area contributed by atoms with E-state index in [1.165, 1.54) is 18.4 Å². The van der Waals surface area contributed by atoms with Crippen LogP contribution in [-0.4, -0.2) is 63.6 Å². The van der Waals surface area contributed by atoms with Crippen molar-refractivity contribution >= 4 is 35.8 Å². The summed E-state index contributed by atoms with van der Waals surface area (Å²) >= 11 is 0. The highest BCUT2D eigenvalue weighted by atomic mass is 127. The van der Waals surface area contributed by atoms with Gasteiger partial charge in [-0.1, -0.05) is 12.1 Å². The lowest BCUT2D eigenvalue weighted by molar-refractivity contribution is -0.128. The van der Waals surface area contributed by atoms with E-state index in [1.807, 2.05) is 32.9 Å². The summed E-state index contributed by atoms with van der Waals surface area (Å²) in [5.74, 6) is 1.61. The van der Waals surface area contributed by atoms with Gasteiger partial charge in [-0.15, -0.1) is 24.0 Å². The summed E-state index contributed by atoms with van der Waals surface area (Å²) in [6.45, 7) is 9.86. The predicted octanol–water partition coefficient (Wildman–Crippen LogP) is 2.78. The lowest BCUT2D eigenvalue weighted by Gasteiger charge is -2.30. The van der Waals surface area contributed by atoms with Crippen molar-refractivity contribution in [1.82, 2.24) is 20.9 Å². The minimum Gasteiger partial charge on any atom is -0.497 e. The first-order valence-electron chi connectivity index (χ1n) is 10.5. The van der Waals surface area contributed by atoms with Gasteiger partial charge < -0.3 is 20.7 Å². The van der Waals surface area contributed by atoms with Crippen LogP contribution in [0.15, 0.2) is 29.3 Å². The molecule has 30 heavy (non-hydrogen) atoms. The van der Waals surface area contributed by atoms with Crippen LogP contribution in [0.25, 0.3) is 0 Å². The Labute approximate surface area is 198 Å². The number of nitrogens with one attached hydrogen (secondary N) is 3. The summed E-state index contributed by atoms with van der Waals surface area (Å²) in [7, 11) is 3.45. The zero-order valence-corrected chi connectivity index (χ0v) is 21.3. The molecule has 7 nitrogen and oxygen atoms in total. The molecule has 170 valence electrons. The normalized spacial score (nSPS) is 15.8. The van der Waals surface area contributed by atoms with E-state index in [0.717, 1.165) is 25.4 Å². The van der Waals surface area contributed by atoms with Gasteiger partial charge in [0.15, 0.2) is 5.96 Å². The number of methoxy groups -OCH3 is 1. The molecule has 1 heterocycles. The van der Waals surface area contributed by atoms with Crippen LogP contribution < -0.4 is 20.7 Å². The van der Waals surface area contributed by atoms with Gasteiger partial charge in [0.1, 0.15) is 5.75 Å². The molecule has 2 rings (SSSR count). The number of ether oxygens (including phenoxy) is 1. The molecule has 0 saturated carbocycles. The maximum Gasteiger partial charge on any atom is 0.227 e. The highest BCUT2D eigenvalue weighted by Crippen LogP contribution is 2.27. The van der Waals surface area contributed by atoms with E-state index in [-0.39, 0.29) is 35.9 Å². The maximum absolute atomic E-state index is 12.2. The molecule has 1 atom stereocenters. The van der Waals surface area contributed by atoms with Crippen molar-refractivity contribution in [2.24, 2.45) is 10.4 Å². The van der Waals surface area contributed by atoms with Crippen molar-refractivity contribution in [1.29, 1.82) is 0 Å². The number of aliphatic imine (C=N–C) groups is 1. The molecule has 0 bridgehead atoms. The first kappa shape index (κ1) is 26.5. The molecule has 3 N–H and O–H groups in total. The highest BCUT2D eigenvalue weighted by Gasteiger charge is 2.28. The number of halogens is 1. The molecule has 0 spiro atoms. The Kier molecular flexibility index (Phi) is 11.5. The van der Waals surface area contributed by atoms with Gasteiger partial charge in [0.2, 0.25) is 5.91 Å². The molecule has 0 radical (unpaired) electrons. The van der Waals surface area contributed by atoms with Crippen molar-refractivity contribution in [3.8, 4) is 5.75 Å². The summed E-state index contributed by atoms with van der Waals surface area (Å²) in [6.07, 6.45) is 2.46. The maximum atomic E-state index is 12.2. The average Bonchev–Trinajstić information content (AvgIpc) is 3.25. The lowest BCUT2D eigenvalue weighted by atomic mass is 9.92. The molecule has 0 aliphatic carbocycles. The van der Waals surface area contributed by atoms with E-state index in [1.54, 1.807) is 14.2 Å². The van der Waals surface area contributed by atoms with Crippen LogP contribution in [0.4, 0.5) is 0 Å². The molecule has 1 fully saturated rings. The van der Waals surface area contributed by atoms with Crippen molar-refractivity contribution < 1.29 is 9.53 Å². The Balaban J connectivity index is 0.00000450. The van der Waals surface area contributed by atoms with Crippen LogP contribution >= 0.6 is 24.0 Å². The number of nitrogens with zero attached hydrogens (tertiary/aromatic N) is 2. The number of carbonyl (C=O) groups is 1. The Bertz CT molecular complexity index is 690. The molecule has 1 saturated heterocycles. The minimum atomic E-state index is -0.519. The number of carbonyl (C=O) groups excluding carboxylic acids is 1. The second kappa shape index (κ2) is 13.0. The third-order valence-corrected chi connectivity index (χ3v) is 5.40. The number of benzene rings is 1. The molecule has 0 aromatic heterocycles. The minimum absolute atomic E-state index is 0. The predicted molar refractivity (Wildman–Crippen MR) is 134 cm³/mol. The van der Waals surface area contributed by atoms with Crippen LogP contribution in [0.3, 0.4) is 0 Å². The Morgan fingerprint density at radius 3 is 2.53 bits per heavy atom. The summed E-state index contributed by atoms with van der Waals surface area (Å²) in [4.78, 5) is 19.1. The number of hydrogen-bond donors (Lipinski definition) is 3. The van der Waals surface area contributed by atoms with Gasteiger partial charge in [-0.05, 0) is 64.4 Å². The SMILES string of the molecule is CCNC(=O)C(C)(C)CNC(=NC)NCC(c1cccc(OC)c1)N1CCCC1.I. The third kappa shape index (κ3) is 7.61. The number of likely N-dealkylation sites (tertiary alicyclic amines) is 1. The van der Waals surface area contributed by atoms with Crippen LogP contribution in [0.2, 0.25) is 0 Å². The monoisotopic (exact) mass is 531 g/mol. The largest absolute Gasteiger partial charge is 0.497 e. The fourth-order valence-corrected chi connectivity index (χ4v) is 3.56.